The van der Waals surface area contributed by atoms with Gasteiger partial charge in [-0.25, -0.2) is 4.68 Å². The van der Waals surface area contributed by atoms with E-state index in [0.29, 0.717) is 12.1 Å². The van der Waals surface area contributed by atoms with Gasteiger partial charge in [-0.3, -0.25) is 9.80 Å². The van der Waals surface area contributed by atoms with Gasteiger partial charge in [-0.1, -0.05) is 18.2 Å². The van der Waals surface area contributed by atoms with Crippen molar-refractivity contribution in [3.05, 3.63) is 46.8 Å². The molecule has 1 aromatic carbocycles. The first-order valence-electron chi connectivity index (χ1n) is 10.3. The van der Waals surface area contributed by atoms with Crippen LogP contribution in [0.5, 0.6) is 0 Å². The molecule has 0 aliphatic carbocycles. The van der Waals surface area contributed by atoms with Crippen LogP contribution >= 0.6 is 0 Å². The lowest BCUT2D eigenvalue weighted by Gasteiger charge is -2.43. The molecule has 0 amide bonds. The van der Waals surface area contributed by atoms with Crippen molar-refractivity contribution in [2.24, 2.45) is 0 Å². The van der Waals surface area contributed by atoms with Gasteiger partial charge >= 0.3 is 0 Å². The maximum atomic E-state index is 9.57. The Bertz CT molecular complexity index is 800. The molecule has 2 atom stereocenters. The van der Waals surface area contributed by atoms with Crippen LogP contribution < -0.4 is 0 Å². The predicted molar refractivity (Wildman–Crippen MR) is 108 cm³/mol. The molecule has 2 saturated heterocycles. The summed E-state index contributed by atoms with van der Waals surface area (Å²) < 4.78 is 2.10. The van der Waals surface area contributed by atoms with E-state index in [-0.39, 0.29) is 6.61 Å². The first-order chi connectivity index (χ1) is 13.1. The quantitative estimate of drug-likeness (QED) is 0.881. The number of aliphatic hydroxyl groups is 1. The fourth-order valence-electron chi connectivity index (χ4n) is 4.91. The summed E-state index contributed by atoms with van der Waals surface area (Å²) in [6.07, 6.45) is 3.48. The van der Waals surface area contributed by atoms with Gasteiger partial charge < -0.3 is 5.11 Å². The van der Waals surface area contributed by atoms with E-state index in [2.05, 4.69) is 59.5 Å². The average Bonchev–Trinajstić information content (AvgIpc) is 3.21. The molecular weight excluding hydrogens is 336 g/mol. The third-order valence-corrected chi connectivity index (χ3v) is 6.51. The summed E-state index contributed by atoms with van der Waals surface area (Å²) in [7, 11) is 0. The number of aromatic nitrogens is 2. The molecule has 2 aliphatic heterocycles. The Labute approximate surface area is 162 Å². The van der Waals surface area contributed by atoms with Crippen molar-refractivity contribution in [2.45, 2.75) is 58.7 Å². The minimum atomic E-state index is 0.264. The van der Waals surface area contributed by atoms with Crippen molar-refractivity contribution in [2.75, 3.05) is 26.2 Å². The molecule has 0 spiro atoms. The monoisotopic (exact) mass is 368 g/mol. The lowest BCUT2D eigenvalue weighted by molar-refractivity contribution is 0.0331. The van der Waals surface area contributed by atoms with Gasteiger partial charge in [0.2, 0.25) is 0 Å². The number of para-hydroxylation sites is 1. The van der Waals surface area contributed by atoms with Crippen molar-refractivity contribution in [3.63, 3.8) is 0 Å². The molecule has 5 heteroatoms. The Morgan fingerprint density at radius 2 is 1.96 bits per heavy atom. The van der Waals surface area contributed by atoms with Crippen molar-refractivity contribution in [1.29, 1.82) is 0 Å². The topological polar surface area (TPSA) is 44.5 Å². The molecule has 2 fully saturated rings. The molecule has 27 heavy (non-hydrogen) atoms. The third kappa shape index (κ3) is 3.56. The molecule has 146 valence electrons. The Balaban J connectivity index is 1.61. The summed E-state index contributed by atoms with van der Waals surface area (Å²) in [4.78, 5) is 5.23. The van der Waals surface area contributed by atoms with E-state index in [4.69, 9.17) is 5.10 Å². The minimum absolute atomic E-state index is 0.264. The summed E-state index contributed by atoms with van der Waals surface area (Å²) in [5.74, 6) is 0. The molecule has 2 aliphatic rings. The molecule has 4 rings (SSSR count). The first-order valence-corrected chi connectivity index (χ1v) is 10.3. The van der Waals surface area contributed by atoms with Crippen molar-refractivity contribution < 1.29 is 5.11 Å². The molecule has 0 unspecified atom stereocenters. The number of aryl methyl sites for hydroxylation is 2. The van der Waals surface area contributed by atoms with Crippen LogP contribution in [0.1, 0.15) is 41.8 Å². The summed E-state index contributed by atoms with van der Waals surface area (Å²) >= 11 is 0. The zero-order chi connectivity index (χ0) is 19.0. The predicted octanol–water partition coefficient (Wildman–Crippen LogP) is 2.83. The fraction of sp³-hybridized carbons (Fsp3) is 0.591. The lowest BCUT2D eigenvalue weighted by Crippen LogP contribution is -2.55. The molecule has 0 radical (unpaired) electrons. The van der Waals surface area contributed by atoms with E-state index in [9.17, 15) is 5.11 Å². The molecule has 1 aromatic heterocycles. The average molecular weight is 369 g/mol. The minimum Gasteiger partial charge on any atom is -0.396 e. The molecule has 3 heterocycles. The SMILES string of the molecule is Cc1ccccc1-n1nc(C)c(CN2C[C@@H]3CCCN3C[C@@H]2CCO)c1C. The molecule has 0 bridgehead atoms. The zero-order valence-electron chi connectivity index (χ0n) is 16.9. The number of rotatable bonds is 5. The molecule has 0 saturated carbocycles. The highest BCUT2D eigenvalue weighted by Crippen LogP contribution is 2.29. The molecule has 2 aromatic rings. The van der Waals surface area contributed by atoms with Gasteiger partial charge in [0.1, 0.15) is 0 Å². The van der Waals surface area contributed by atoms with Gasteiger partial charge in [-0.15, -0.1) is 0 Å². The van der Waals surface area contributed by atoms with E-state index in [1.54, 1.807) is 0 Å². The van der Waals surface area contributed by atoms with E-state index in [1.807, 2.05) is 0 Å². The summed E-state index contributed by atoms with van der Waals surface area (Å²) in [6, 6.07) is 9.56. The van der Waals surface area contributed by atoms with Crippen LogP contribution in [0, 0.1) is 20.8 Å². The largest absolute Gasteiger partial charge is 0.396 e. The van der Waals surface area contributed by atoms with E-state index >= 15 is 0 Å². The van der Waals surface area contributed by atoms with Crippen LogP contribution in [-0.2, 0) is 6.54 Å². The van der Waals surface area contributed by atoms with Crippen LogP contribution in [0.25, 0.3) is 5.69 Å². The Kier molecular flexibility index (Phi) is 5.35. The second-order valence-corrected chi connectivity index (χ2v) is 8.23. The van der Waals surface area contributed by atoms with Gasteiger partial charge in [0, 0.05) is 49.6 Å². The van der Waals surface area contributed by atoms with Gasteiger partial charge in [0.05, 0.1) is 11.4 Å². The van der Waals surface area contributed by atoms with Gasteiger partial charge in [-0.2, -0.15) is 5.10 Å². The van der Waals surface area contributed by atoms with Crippen molar-refractivity contribution in [1.82, 2.24) is 19.6 Å². The van der Waals surface area contributed by atoms with E-state index < -0.39 is 0 Å². The highest BCUT2D eigenvalue weighted by Gasteiger charge is 2.36. The van der Waals surface area contributed by atoms with E-state index in [0.717, 1.165) is 37.4 Å². The summed E-state index contributed by atoms with van der Waals surface area (Å²) in [5.41, 5.74) is 6.10. The van der Waals surface area contributed by atoms with Gasteiger partial charge in [-0.05, 0) is 58.2 Å². The van der Waals surface area contributed by atoms with Crippen LogP contribution in [0.15, 0.2) is 24.3 Å². The number of aliphatic hydroxyl groups excluding tert-OH is 1. The maximum Gasteiger partial charge on any atom is 0.0678 e. The standard InChI is InChI=1S/C22H32N4O/c1-16-7-4-5-9-22(16)26-18(3)21(17(2)23-26)15-25-14-19-8-6-11-24(19)13-20(25)10-12-27/h4-5,7,9,19-20,27H,6,8,10-15H2,1-3H3/t19-,20-/m0/s1. The second kappa shape index (κ2) is 7.74. The maximum absolute atomic E-state index is 9.57. The number of hydrogen-bond acceptors (Lipinski definition) is 4. The van der Waals surface area contributed by atoms with Crippen LogP contribution in [0.2, 0.25) is 0 Å². The molecule has 1 N–H and O–H groups in total. The van der Waals surface area contributed by atoms with Crippen LogP contribution in [-0.4, -0.2) is 63.0 Å². The Hall–Kier alpha value is -1.69. The third-order valence-electron chi connectivity index (χ3n) is 6.51. The first kappa shape index (κ1) is 18.7. The number of nitrogens with zero attached hydrogens (tertiary/aromatic N) is 4. The zero-order valence-corrected chi connectivity index (χ0v) is 16.9. The number of hydrogen-bond donors (Lipinski definition) is 1. The van der Waals surface area contributed by atoms with Gasteiger partial charge in [0.25, 0.3) is 0 Å². The van der Waals surface area contributed by atoms with Crippen molar-refractivity contribution >= 4 is 0 Å². The highest BCUT2D eigenvalue weighted by molar-refractivity contribution is 5.42. The molecule has 5 nitrogen and oxygen atoms in total. The van der Waals surface area contributed by atoms with Crippen LogP contribution in [0.4, 0.5) is 0 Å². The Morgan fingerprint density at radius 1 is 1.15 bits per heavy atom. The second-order valence-electron chi connectivity index (χ2n) is 8.23. The summed E-state index contributed by atoms with van der Waals surface area (Å²) in [5, 5.41) is 14.4. The van der Waals surface area contributed by atoms with Crippen LogP contribution in [0.3, 0.4) is 0 Å². The van der Waals surface area contributed by atoms with Gasteiger partial charge in [0.15, 0.2) is 0 Å². The number of fused-ring (bicyclic) bond motifs is 1. The number of benzene rings is 1. The van der Waals surface area contributed by atoms with Crippen molar-refractivity contribution in [3.8, 4) is 5.69 Å². The highest BCUT2D eigenvalue weighted by atomic mass is 16.3. The van der Waals surface area contributed by atoms with E-state index in [1.165, 1.54) is 36.2 Å². The molecular formula is C22H32N4O. The lowest BCUT2D eigenvalue weighted by atomic mass is 10.0. The number of piperazine rings is 1. The summed E-state index contributed by atoms with van der Waals surface area (Å²) in [6.45, 7) is 11.1. The normalized spacial score (nSPS) is 23.7. The smallest absolute Gasteiger partial charge is 0.0678 e. The fourth-order valence-corrected chi connectivity index (χ4v) is 4.91. The Morgan fingerprint density at radius 3 is 2.74 bits per heavy atom.